The second kappa shape index (κ2) is 5.56. The molecule has 0 saturated carbocycles. The standard InChI is InChI=1S/C8H14N2O/c1-7(9)3-4-8(2)10-5-6-11/h3-4,10-11H,1-2,5-6,9H2/b4-3-. The largest absolute Gasteiger partial charge is 0.399 e. The Morgan fingerprint density at radius 2 is 2.09 bits per heavy atom. The molecule has 0 rings (SSSR count). The maximum Gasteiger partial charge on any atom is 0.0604 e. The average molecular weight is 154 g/mol. The van der Waals surface area contributed by atoms with Crippen molar-refractivity contribution in [3.05, 3.63) is 36.7 Å². The van der Waals surface area contributed by atoms with Gasteiger partial charge in [-0.15, -0.1) is 0 Å². The minimum Gasteiger partial charge on any atom is -0.399 e. The van der Waals surface area contributed by atoms with Crippen molar-refractivity contribution in [1.82, 2.24) is 5.32 Å². The van der Waals surface area contributed by atoms with E-state index in [-0.39, 0.29) is 6.61 Å². The maximum atomic E-state index is 8.42. The molecule has 0 aliphatic heterocycles. The van der Waals surface area contributed by atoms with Gasteiger partial charge >= 0.3 is 0 Å². The minimum atomic E-state index is 0.0937. The van der Waals surface area contributed by atoms with E-state index in [9.17, 15) is 0 Å². The lowest BCUT2D eigenvalue weighted by atomic mass is 10.3. The van der Waals surface area contributed by atoms with Crippen LogP contribution < -0.4 is 11.1 Å². The molecule has 0 fully saturated rings. The molecular weight excluding hydrogens is 140 g/mol. The van der Waals surface area contributed by atoms with Crippen LogP contribution in [0.3, 0.4) is 0 Å². The summed E-state index contributed by atoms with van der Waals surface area (Å²) in [5.74, 6) is 0. The van der Waals surface area contributed by atoms with E-state index in [1.165, 1.54) is 0 Å². The van der Waals surface area contributed by atoms with Crippen molar-refractivity contribution in [3.8, 4) is 0 Å². The van der Waals surface area contributed by atoms with Crippen molar-refractivity contribution in [1.29, 1.82) is 0 Å². The van der Waals surface area contributed by atoms with E-state index in [2.05, 4.69) is 18.5 Å². The van der Waals surface area contributed by atoms with Gasteiger partial charge in [0.15, 0.2) is 0 Å². The van der Waals surface area contributed by atoms with Gasteiger partial charge in [0.25, 0.3) is 0 Å². The van der Waals surface area contributed by atoms with Gasteiger partial charge in [0.1, 0.15) is 0 Å². The lowest BCUT2D eigenvalue weighted by molar-refractivity contribution is 0.297. The Morgan fingerprint density at radius 3 is 2.55 bits per heavy atom. The zero-order valence-electron chi connectivity index (χ0n) is 6.51. The number of nitrogens with two attached hydrogens (primary N) is 1. The summed E-state index contributed by atoms with van der Waals surface area (Å²) in [4.78, 5) is 0. The smallest absolute Gasteiger partial charge is 0.0604 e. The molecule has 3 heteroatoms. The molecule has 0 aliphatic carbocycles. The first-order chi connectivity index (χ1) is 5.16. The van der Waals surface area contributed by atoms with Gasteiger partial charge in [-0.25, -0.2) is 0 Å². The maximum absolute atomic E-state index is 8.42. The summed E-state index contributed by atoms with van der Waals surface area (Å²) in [5.41, 5.74) is 6.47. The molecule has 0 radical (unpaired) electrons. The second-order valence-corrected chi connectivity index (χ2v) is 2.08. The number of hydrogen-bond donors (Lipinski definition) is 3. The van der Waals surface area contributed by atoms with Crippen LogP contribution in [-0.4, -0.2) is 18.3 Å². The molecule has 0 unspecified atom stereocenters. The molecule has 62 valence electrons. The predicted octanol–water partition coefficient (Wildman–Crippen LogP) is 0.111. The minimum absolute atomic E-state index is 0.0937. The normalized spacial score (nSPS) is 9.91. The number of nitrogens with one attached hydrogen (secondary N) is 1. The molecule has 0 amide bonds. The first-order valence-electron chi connectivity index (χ1n) is 3.33. The summed E-state index contributed by atoms with van der Waals surface area (Å²) >= 11 is 0. The van der Waals surface area contributed by atoms with Crippen LogP contribution in [0.4, 0.5) is 0 Å². The van der Waals surface area contributed by atoms with Crippen LogP contribution in [0.15, 0.2) is 36.7 Å². The summed E-state index contributed by atoms with van der Waals surface area (Å²) in [6.45, 7) is 7.73. The van der Waals surface area contributed by atoms with E-state index in [4.69, 9.17) is 10.8 Å². The molecule has 0 aromatic rings. The Kier molecular flexibility index (Phi) is 4.94. The average Bonchev–Trinajstić information content (AvgIpc) is 1.97. The van der Waals surface area contributed by atoms with E-state index < -0.39 is 0 Å². The molecule has 0 aromatic carbocycles. The number of rotatable bonds is 5. The van der Waals surface area contributed by atoms with Crippen LogP contribution in [0.25, 0.3) is 0 Å². The monoisotopic (exact) mass is 154 g/mol. The Labute approximate surface area is 66.9 Å². The highest BCUT2D eigenvalue weighted by Gasteiger charge is 1.84. The molecule has 0 saturated heterocycles. The number of hydrogen-bond acceptors (Lipinski definition) is 3. The van der Waals surface area contributed by atoms with Crippen LogP contribution in [0.2, 0.25) is 0 Å². The SMILES string of the molecule is C=C(N)/C=C\C(=C)NCCO. The third-order valence-corrected chi connectivity index (χ3v) is 0.962. The van der Waals surface area contributed by atoms with E-state index in [0.717, 1.165) is 0 Å². The van der Waals surface area contributed by atoms with Gasteiger partial charge in [-0.05, 0) is 12.2 Å². The fraction of sp³-hybridized carbons (Fsp3) is 0.250. The van der Waals surface area contributed by atoms with Crippen molar-refractivity contribution in [2.45, 2.75) is 0 Å². The third-order valence-electron chi connectivity index (χ3n) is 0.962. The fourth-order valence-corrected chi connectivity index (χ4v) is 0.483. The van der Waals surface area contributed by atoms with Crippen molar-refractivity contribution in [2.75, 3.05) is 13.2 Å². The number of aliphatic hydroxyl groups is 1. The van der Waals surface area contributed by atoms with Gasteiger partial charge in [0.05, 0.1) is 6.61 Å². The highest BCUT2D eigenvalue weighted by Crippen LogP contribution is 1.88. The lowest BCUT2D eigenvalue weighted by Crippen LogP contribution is -2.15. The quantitative estimate of drug-likeness (QED) is 0.493. The van der Waals surface area contributed by atoms with E-state index in [1.807, 2.05) is 0 Å². The predicted molar refractivity (Wildman–Crippen MR) is 46.7 cm³/mol. The molecule has 0 spiro atoms. The molecule has 0 atom stereocenters. The van der Waals surface area contributed by atoms with Crippen molar-refractivity contribution in [3.63, 3.8) is 0 Å². The highest BCUT2D eigenvalue weighted by atomic mass is 16.3. The third kappa shape index (κ3) is 6.67. The Hall–Kier alpha value is -1.22. The molecule has 11 heavy (non-hydrogen) atoms. The number of allylic oxidation sites excluding steroid dienone is 2. The zero-order valence-corrected chi connectivity index (χ0v) is 6.51. The first kappa shape index (κ1) is 9.78. The highest BCUT2D eigenvalue weighted by molar-refractivity contribution is 5.20. The summed E-state index contributed by atoms with van der Waals surface area (Å²) in [6, 6.07) is 0. The van der Waals surface area contributed by atoms with Gasteiger partial charge in [-0.3, -0.25) is 0 Å². The van der Waals surface area contributed by atoms with E-state index in [1.54, 1.807) is 12.2 Å². The summed E-state index contributed by atoms with van der Waals surface area (Å²) in [7, 11) is 0. The van der Waals surface area contributed by atoms with Crippen molar-refractivity contribution in [2.24, 2.45) is 5.73 Å². The molecule has 0 heterocycles. The Bertz CT molecular complexity index is 173. The van der Waals surface area contributed by atoms with Crippen LogP contribution in [0.1, 0.15) is 0 Å². The summed E-state index contributed by atoms with van der Waals surface area (Å²) in [6.07, 6.45) is 3.35. The van der Waals surface area contributed by atoms with Gasteiger partial charge in [0, 0.05) is 17.9 Å². The Morgan fingerprint density at radius 1 is 1.45 bits per heavy atom. The summed E-state index contributed by atoms with van der Waals surface area (Å²) in [5, 5.41) is 11.3. The van der Waals surface area contributed by atoms with Gasteiger partial charge < -0.3 is 16.2 Å². The van der Waals surface area contributed by atoms with E-state index >= 15 is 0 Å². The molecular formula is C8H14N2O. The van der Waals surface area contributed by atoms with Gasteiger partial charge in [-0.2, -0.15) is 0 Å². The number of aliphatic hydroxyl groups excluding tert-OH is 1. The van der Waals surface area contributed by atoms with Crippen LogP contribution >= 0.6 is 0 Å². The van der Waals surface area contributed by atoms with Crippen LogP contribution in [-0.2, 0) is 0 Å². The molecule has 4 N–H and O–H groups in total. The molecule has 0 aliphatic rings. The topological polar surface area (TPSA) is 58.3 Å². The van der Waals surface area contributed by atoms with Crippen LogP contribution in [0, 0.1) is 0 Å². The van der Waals surface area contributed by atoms with E-state index in [0.29, 0.717) is 17.9 Å². The molecule has 0 bridgehead atoms. The van der Waals surface area contributed by atoms with Gasteiger partial charge in [-0.1, -0.05) is 13.2 Å². The lowest BCUT2D eigenvalue weighted by Gasteiger charge is -2.01. The Balaban J connectivity index is 3.60. The van der Waals surface area contributed by atoms with Crippen molar-refractivity contribution < 1.29 is 5.11 Å². The second-order valence-electron chi connectivity index (χ2n) is 2.08. The first-order valence-corrected chi connectivity index (χ1v) is 3.33. The van der Waals surface area contributed by atoms with Crippen LogP contribution in [0.5, 0.6) is 0 Å². The molecule has 3 nitrogen and oxygen atoms in total. The molecule has 0 aromatic heterocycles. The van der Waals surface area contributed by atoms with Crippen molar-refractivity contribution >= 4 is 0 Å². The zero-order chi connectivity index (χ0) is 8.69. The summed E-state index contributed by atoms with van der Waals surface area (Å²) < 4.78 is 0. The van der Waals surface area contributed by atoms with Gasteiger partial charge in [0.2, 0.25) is 0 Å². The fourth-order valence-electron chi connectivity index (χ4n) is 0.483.